The van der Waals surface area contributed by atoms with Crippen LogP contribution in [0.3, 0.4) is 0 Å². The predicted octanol–water partition coefficient (Wildman–Crippen LogP) is 6.31. The van der Waals surface area contributed by atoms with Gasteiger partial charge in [0.05, 0.1) is 18.2 Å². The lowest BCUT2D eigenvalue weighted by Crippen LogP contribution is -2.56. The number of hydrogen-bond acceptors (Lipinski definition) is 6. The Morgan fingerprint density at radius 2 is 1.49 bits per heavy atom. The molecule has 49 heavy (non-hydrogen) atoms. The molecule has 0 spiro atoms. The van der Waals surface area contributed by atoms with Gasteiger partial charge in [-0.1, -0.05) is 97.1 Å². The summed E-state index contributed by atoms with van der Waals surface area (Å²) < 4.78 is 41.1. The van der Waals surface area contributed by atoms with Gasteiger partial charge in [-0.25, -0.2) is 8.78 Å². The Kier molecular flexibility index (Phi) is 10.2. The molecule has 6 rings (SSSR count). The molecule has 5 aromatic rings. The number of ketones is 1. The quantitative estimate of drug-likeness (QED) is 0.138. The third kappa shape index (κ3) is 7.29. The second-order valence-corrected chi connectivity index (χ2v) is 11.7. The monoisotopic (exact) mass is 663 g/mol. The lowest BCUT2D eigenvalue weighted by Gasteiger charge is -2.44. The Balaban J connectivity index is 1.51. The number of hydrogen-bond donors (Lipinski definition) is 0. The van der Waals surface area contributed by atoms with Crippen LogP contribution in [-0.2, 0) is 17.8 Å². The fourth-order valence-corrected chi connectivity index (χ4v) is 5.99. The fourth-order valence-electron chi connectivity index (χ4n) is 5.99. The van der Waals surface area contributed by atoms with E-state index in [0.717, 1.165) is 28.8 Å². The molecule has 250 valence electrons. The van der Waals surface area contributed by atoms with Crippen molar-refractivity contribution in [2.75, 3.05) is 31.9 Å². The standard InChI is InChI=1S/C39H35F2N3O5/c1-48-22-21-42-26-44(35(29-13-7-3-8-14-29)30-15-9-4-10-16-30)43-24-32(34(45)20-18-28-17-19-31(40)23-33(28)41)37(46)38(36(43)39(42)47)49-25-27-11-5-2-6-12-27/h2-17,19,23-24,35H,18,20-22,25-26H2,1H3. The molecular formula is C39H35F2N3O5. The summed E-state index contributed by atoms with van der Waals surface area (Å²) in [7, 11) is 1.55. The van der Waals surface area contributed by atoms with Gasteiger partial charge >= 0.3 is 0 Å². The average Bonchev–Trinajstić information content (AvgIpc) is 3.12. The van der Waals surface area contributed by atoms with Crippen molar-refractivity contribution in [1.82, 2.24) is 9.58 Å². The molecule has 0 radical (unpaired) electrons. The summed E-state index contributed by atoms with van der Waals surface area (Å²) in [4.78, 5) is 43.9. The van der Waals surface area contributed by atoms with Gasteiger partial charge in [-0.3, -0.25) is 24.1 Å². The van der Waals surface area contributed by atoms with E-state index in [-0.39, 0.29) is 61.8 Å². The summed E-state index contributed by atoms with van der Waals surface area (Å²) in [5.74, 6) is -2.79. The lowest BCUT2D eigenvalue weighted by atomic mass is 9.97. The molecule has 4 aromatic carbocycles. The normalized spacial score (nSPS) is 12.7. The van der Waals surface area contributed by atoms with E-state index in [4.69, 9.17) is 9.47 Å². The van der Waals surface area contributed by atoms with E-state index in [1.807, 2.05) is 96.0 Å². The van der Waals surface area contributed by atoms with E-state index >= 15 is 0 Å². The zero-order valence-corrected chi connectivity index (χ0v) is 26.9. The largest absolute Gasteiger partial charge is 0.482 e. The molecular weight excluding hydrogens is 628 g/mol. The molecule has 0 atom stereocenters. The molecule has 0 saturated carbocycles. The van der Waals surface area contributed by atoms with Gasteiger partial charge in [-0.05, 0) is 34.7 Å². The van der Waals surface area contributed by atoms with Crippen molar-refractivity contribution in [2.24, 2.45) is 0 Å². The SMILES string of the molecule is COCCN1CN(C(c2ccccc2)c2ccccc2)n2cc(C(=O)CCc3ccc(F)cc3F)c(=O)c(OCc3ccccc3)c2C1=O. The minimum Gasteiger partial charge on any atom is -0.482 e. The maximum atomic E-state index is 14.5. The molecule has 1 amide bonds. The van der Waals surface area contributed by atoms with Gasteiger partial charge in [0.2, 0.25) is 5.43 Å². The number of nitrogens with zero attached hydrogens (tertiary/aromatic N) is 3. The molecule has 1 aliphatic rings. The summed E-state index contributed by atoms with van der Waals surface area (Å²) in [6.07, 6.45) is 1.10. The van der Waals surface area contributed by atoms with Gasteiger partial charge in [0, 0.05) is 32.3 Å². The van der Waals surface area contributed by atoms with Crippen LogP contribution in [0.2, 0.25) is 0 Å². The zero-order valence-electron chi connectivity index (χ0n) is 26.9. The lowest BCUT2D eigenvalue weighted by molar-refractivity contribution is 0.0610. The van der Waals surface area contributed by atoms with Crippen molar-refractivity contribution in [3.05, 3.63) is 171 Å². The number of carbonyl (C=O) groups excluding carboxylic acids is 2. The van der Waals surface area contributed by atoms with Gasteiger partial charge in [-0.15, -0.1) is 0 Å². The van der Waals surface area contributed by atoms with E-state index in [9.17, 15) is 23.2 Å². The van der Waals surface area contributed by atoms with Crippen LogP contribution in [0, 0.1) is 11.6 Å². The molecule has 0 aliphatic carbocycles. The smallest absolute Gasteiger partial charge is 0.277 e. The Hall–Kier alpha value is -5.61. The van der Waals surface area contributed by atoms with Crippen molar-refractivity contribution in [2.45, 2.75) is 25.5 Å². The fraction of sp³-hybridized carbons (Fsp3) is 0.205. The maximum absolute atomic E-state index is 14.5. The first-order valence-electron chi connectivity index (χ1n) is 15.9. The van der Waals surface area contributed by atoms with E-state index in [1.165, 1.54) is 12.3 Å². The molecule has 0 bridgehead atoms. The van der Waals surface area contributed by atoms with Crippen LogP contribution >= 0.6 is 0 Å². The minimum absolute atomic E-state index is 0.0266. The van der Waals surface area contributed by atoms with Crippen LogP contribution in [-0.4, -0.2) is 48.2 Å². The Morgan fingerprint density at radius 3 is 2.10 bits per heavy atom. The van der Waals surface area contributed by atoms with Crippen LogP contribution in [0.1, 0.15) is 55.6 Å². The third-order valence-corrected chi connectivity index (χ3v) is 8.49. The van der Waals surface area contributed by atoms with E-state index in [1.54, 1.807) is 16.7 Å². The molecule has 0 fully saturated rings. The number of benzene rings is 4. The van der Waals surface area contributed by atoms with Crippen molar-refractivity contribution in [1.29, 1.82) is 0 Å². The molecule has 0 N–H and O–H groups in total. The Morgan fingerprint density at radius 1 is 0.857 bits per heavy atom. The first-order chi connectivity index (χ1) is 23.9. The van der Waals surface area contributed by atoms with Gasteiger partial charge in [0.25, 0.3) is 5.91 Å². The highest BCUT2D eigenvalue weighted by Crippen LogP contribution is 2.33. The van der Waals surface area contributed by atoms with Crippen molar-refractivity contribution in [3.63, 3.8) is 0 Å². The molecule has 10 heteroatoms. The number of pyridine rings is 1. The van der Waals surface area contributed by atoms with Gasteiger partial charge in [0.15, 0.2) is 17.2 Å². The first kappa shape index (κ1) is 33.3. The van der Waals surface area contributed by atoms with Crippen LogP contribution in [0.4, 0.5) is 8.78 Å². The molecule has 1 aromatic heterocycles. The van der Waals surface area contributed by atoms with E-state index < -0.39 is 34.8 Å². The summed E-state index contributed by atoms with van der Waals surface area (Å²) >= 11 is 0. The van der Waals surface area contributed by atoms with Crippen LogP contribution < -0.4 is 15.2 Å². The number of halogens is 2. The maximum Gasteiger partial charge on any atom is 0.277 e. The average molecular weight is 664 g/mol. The number of fused-ring (bicyclic) bond motifs is 1. The number of aryl methyl sites for hydroxylation is 1. The molecule has 1 aliphatic heterocycles. The highest BCUT2D eigenvalue weighted by atomic mass is 19.1. The van der Waals surface area contributed by atoms with Crippen molar-refractivity contribution in [3.8, 4) is 5.75 Å². The van der Waals surface area contributed by atoms with E-state index in [2.05, 4.69) is 0 Å². The number of methoxy groups -OCH3 is 1. The number of rotatable bonds is 13. The predicted molar refractivity (Wildman–Crippen MR) is 181 cm³/mol. The second-order valence-electron chi connectivity index (χ2n) is 11.7. The van der Waals surface area contributed by atoms with Crippen LogP contribution in [0.25, 0.3) is 0 Å². The van der Waals surface area contributed by atoms with Crippen LogP contribution in [0.15, 0.2) is 120 Å². The highest BCUT2D eigenvalue weighted by Gasteiger charge is 2.38. The van der Waals surface area contributed by atoms with Gasteiger partial charge < -0.3 is 14.4 Å². The molecule has 8 nitrogen and oxygen atoms in total. The first-order valence-corrected chi connectivity index (χ1v) is 15.9. The summed E-state index contributed by atoms with van der Waals surface area (Å²) in [6, 6.07) is 31.3. The Bertz CT molecular complexity index is 1950. The number of ether oxygens (including phenoxy) is 2. The third-order valence-electron chi connectivity index (χ3n) is 8.49. The number of aromatic nitrogens is 1. The number of amides is 1. The van der Waals surface area contributed by atoms with Gasteiger partial charge in [0.1, 0.15) is 24.9 Å². The highest BCUT2D eigenvalue weighted by molar-refractivity contribution is 6.00. The van der Waals surface area contributed by atoms with Crippen molar-refractivity contribution >= 4 is 11.7 Å². The molecule has 0 unspecified atom stereocenters. The second kappa shape index (κ2) is 15.1. The topological polar surface area (TPSA) is 81.1 Å². The zero-order chi connectivity index (χ0) is 34.3. The number of carbonyl (C=O) groups is 2. The summed E-state index contributed by atoms with van der Waals surface area (Å²) in [5.41, 5.74) is 1.74. The van der Waals surface area contributed by atoms with Crippen molar-refractivity contribution < 1.29 is 27.8 Å². The minimum atomic E-state index is -0.775. The summed E-state index contributed by atoms with van der Waals surface area (Å²) in [6.45, 7) is 0.549. The summed E-state index contributed by atoms with van der Waals surface area (Å²) in [5, 5.41) is 1.92. The number of Topliss-reactive ketones (excluding diaryl/α,β-unsaturated/α-hetero) is 1. The van der Waals surface area contributed by atoms with E-state index in [0.29, 0.717) is 0 Å². The molecule has 2 heterocycles. The Labute approximate surface area is 282 Å². The van der Waals surface area contributed by atoms with Crippen LogP contribution in [0.5, 0.6) is 5.75 Å². The van der Waals surface area contributed by atoms with Gasteiger partial charge in [-0.2, -0.15) is 0 Å². The molecule has 0 saturated heterocycles.